The molecule has 0 bridgehead atoms. The van der Waals surface area contributed by atoms with Gasteiger partial charge < -0.3 is 10.5 Å². The molecule has 0 saturated carbocycles. The molecule has 4 aromatic rings. The van der Waals surface area contributed by atoms with E-state index in [0.717, 1.165) is 21.5 Å². The van der Waals surface area contributed by atoms with Crippen molar-refractivity contribution in [1.82, 2.24) is 4.57 Å². The monoisotopic (exact) mass is 530 g/mol. The second-order valence-corrected chi connectivity index (χ2v) is 11.2. The molecule has 0 fully saturated rings. The van der Waals surface area contributed by atoms with Crippen LogP contribution in [-0.4, -0.2) is 26.1 Å². The van der Waals surface area contributed by atoms with Crippen molar-refractivity contribution in [2.75, 3.05) is 7.11 Å². The van der Waals surface area contributed by atoms with Crippen molar-refractivity contribution in [3.8, 4) is 0 Å². The summed E-state index contributed by atoms with van der Waals surface area (Å²) in [5.41, 5.74) is 7.36. The maximum absolute atomic E-state index is 14.0. The minimum Gasteiger partial charge on any atom is -0.466 e. The van der Waals surface area contributed by atoms with Crippen LogP contribution in [0.4, 0.5) is 0 Å². The van der Waals surface area contributed by atoms with E-state index >= 15 is 0 Å². The highest BCUT2D eigenvalue weighted by atomic mass is 32.2. The molecule has 7 nitrogen and oxygen atoms in total. The third-order valence-electron chi connectivity index (χ3n) is 6.08. The van der Waals surface area contributed by atoms with Crippen LogP contribution in [0.1, 0.15) is 17.0 Å². The lowest BCUT2D eigenvalue weighted by atomic mass is 9.89. The second kappa shape index (κ2) is 9.68. The van der Waals surface area contributed by atoms with Crippen LogP contribution in [-0.2, 0) is 19.4 Å². The first-order valence-corrected chi connectivity index (χ1v) is 13.6. The molecule has 1 aliphatic rings. The minimum atomic E-state index is -4.23. The number of nitrogens with two attached hydrogens (primary N) is 1. The molecule has 37 heavy (non-hydrogen) atoms. The lowest BCUT2D eigenvalue weighted by Crippen LogP contribution is -2.41. The number of ether oxygens (including phenoxy) is 1. The van der Waals surface area contributed by atoms with E-state index in [1.54, 1.807) is 54.6 Å². The van der Waals surface area contributed by atoms with Crippen LogP contribution in [0.25, 0.3) is 17.5 Å². The van der Waals surface area contributed by atoms with Gasteiger partial charge >= 0.3 is 5.97 Å². The Balaban J connectivity index is 1.93. The third-order valence-corrected chi connectivity index (χ3v) is 9.10. The molecular weight excluding hydrogens is 508 g/mol. The Kier molecular flexibility index (Phi) is 6.41. The molecule has 5 rings (SSSR count). The van der Waals surface area contributed by atoms with E-state index in [1.807, 2.05) is 30.3 Å². The Bertz CT molecular complexity index is 1810. The zero-order chi connectivity index (χ0) is 26.2. The van der Waals surface area contributed by atoms with E-state index in [1.165, 1.54) is 19.2 Å². The lowest BCUT2D eigenvalue weighted by Gasteiger charge is -2.27. The molecule has 2 heterocycles. The van der Waals surface area contributed by atoms with E-state index < -0.39 is 27.3 Å². The van der Waals surface area contributed by atoms with Gasteiger partial charge in [0, 0.05) is 0 Å². The molecular formula is C28H22N2O5S2. The third kappa shape index (κ3) is 4.22. The molecule has 1 aromatic heterocycles. The summed E-state index contributed by atoms with van der Waals surface area (Å²) in [5, 5.41) is 0. The molecule has 3 aromatic carbocycles. The Hall–Kier alpha value is -4.21. The molecule has 0 saturated heterocycles. The van der Waals surface area contributed by atoms with Crippen LogP contribution in [0.15, 0.2) is 106 Å². The SMILES string of the molecule is COC(=O)C1=c2s/c(=C/c3ccccc3)c(=O)n2C(N)=C(S(=O)(=O)c2ccccc2)[C@H]1c1ccccc1. The first-order chi connectivity index (χ1) is 17.8. The first kappa shape index (κ1) is 24.5. The van der Waals surface area contributed by atoms with Crippen LogP contribution in [0, 0.1) is 0 Å². The Morgan fingerprint density at radius 2 is 1.51 bits per heavy atom. The second-order valence-electron chi connectivity index (χ2n) is 8.28. The Morgan fingerprint density at radius 3 is 2.11 bits per heavy atom. The average Bonchev–Trinajstić information content (AvgIpc) is 3.25. The zero-order valence-electron chi connectivity index (χ0n) is 19.7. The predicted octanol–water partition coefficient (Wildman–Crippen LogP) is 2.42. The van der Waals surface area contributed by atoms with Gasteiger partial charge in [-0.3, -0.25) is 9.36 Å². The first-order valence-electron chi connectivity index (χ1n) is 11.3. The molecule has 0 amide bonds. The van der Waals surface area contributed by atoms with Gasteiger partial charge in [-0.05, 0) is 29.3 Å². The van der Waals surface area contributed by atoms with Gasteiger partial charge in [0.15, 0.2) is 0 Å². The number of rotatable bonds is 5. The van der Waals surface area contributed by atoms with Crippen molar-refractivity contribution >= 4 is 44.6 Å². The molecule has 1 aliphatic heterocycles. The molecule has 0 spiro atoms. The average molecular weight is 531 g/mol. The number of benzene rings is 3. The number of sulfone groups is 1. The van der Waals surface area contributed by atoms with Gasteiger partial charge in [0.2, 0.25) is 9.84 Å². The van der Waals surface area contributed by atoms with Crippen LogP contribution in [0.2, 0.25) is 0 Å². The number of methoxy groups -OCH3 is 1. The van der Waals surface area contributed by atoms with Crippen LogP contribution in [0.5, 0.6) is 0 Å². The van der Waals surface area contributed by atoms with Gasteiger partial charge in [0.25, 0.3) is 5.56 Å². The van der Waals surface area contributed by atoms with Crippen molar-refractivity contribution < 1.29 is 17.9 Å². The Labute approximate surface area is 217 Å². The number of carbonyl (C=O) groups excluding carboxylic acids is 1. The summed E-state index contributed by atoms with van der Waals surface area (Å²) in [4.78, 5) is 26.6. The molecule has 1 atom stereocenters. The fourth-order valence-corrected chi connectivity index (χ4v) is 7.26. The fourth-order valence-electron chi connectivity index (χ4n) is 4.39. The van der Waals surface area contributed by atoms with Crippen molar-refractivity contribution in [3.63, 3.8) is 0 Å². The van der Waals surface area contributed by atoms with Gasteiger partial charge in [-0.2, -0.15) is 0 Å². The lowest BCUT2D eigenvalue weighted by molar-refractivity contribution is -0.134. The number of esters is 1. The van der Waals surface area contributed by atoms with Gasteiger partial charge in [-0.15, -0.1) is 11.3 Å². The summed E-state index contributed by atoms with van der Waals surface area (Å²) in [7, 11) is -3.01. The highest BCUT2D eigenvalue weighted by molar-refractivity contribution is 7.95. The number of thiazole rings is 1. The van der Waals surface area contributed by atoms with Crippen molar-refractivity contribution in [3.05, 3.63) is 127 Å². The zero-order valence-corrected chi connectivity index (χ0v) is 21.3. The smallest absolute Gasteiger partial charge is 0.337 e. The van der Waals surface area contributed by atoms with E-state index in [9.17, 15) is 18.0 Å². The maximum Gasteiger partial charge on any atom is 0.337 e. The fraction of sp³-hybridized carbons (Fsp3) is 0.0714. The number of carbonyl (C=O) groups is 1. The summed E-state index contributed by atoms with van der Waals surface area (Å²) >= 11 is 1.07. The number of allylic oxidation sites excluding steroid dienone is 1. The molecule has 0 radical (unpaired) electrons. The summed E-state index contributed by atoms with van der Waals surface area (Å²) in [6, 6.07) is 25.8. The number of aromatic nitrogens is 1. The largest absolute Gasteiger partial charge is 0.466 e. The molecule has 0 unspecified atom stereocenters. The standard InChI is InChI=1S/C28H22N2O5S2/c1-35-28(32)23-22(19-13-7-3-8-14-19)24(37(33,34)20-15-9-4-10-16-20)25(29)30-26(31)21(36-27(23)30)17-18-11-5-2-6-12-18/h2-17,22H,29H2,1H3/b21-17+/t22-/m0/s1. The maximum atomic E-state index is 14.0. The number of hydrogen-bond acceptors (Lipinski definition) is 7. The quantitative estimate of drug-likeness (QED) is 0.397. The van der Waals surface area contributed by atoms with Crippen LogP contribution in [0.3, 0.4) is 0 Å². The van der Waals surface area contributed by atoms with Gasteiger partial charge in [0.1, 0.15) is 15.4 Å². The predicted molar refractivity (Wildman–Crippen MR) is 143 cm³/mol. The topological polar surface area (TPSA) is 108 Å². The van der Waals surface area contributed by atoms with Gasteiger partial charge in [0.05, 0.1) is 28.0 Å². The Morgan fingerprint density at radius 1 is 0.946 bits per heavy atom. The van der Waals surface area contributed by atoms with E-state index in [0.29, 0.717) is 10.1 Å². The number of hydrogen-bond donors (Lipinski definition) is 1. The molecule has 2 N–H and O–H groups in total. The van der Waals surface area contributed by atoms with Crippen LogP contribution >= 0.6 is 11.3 Å². The molecule has 0 aliphatic carbocycles. The van der Waals surface area contributed by atoms with Crippen LogP contribution < -0.4 is 20.5 Å². The highest BCUT2D eigenvalue weighted by Crippen LogP contribution is 2.41. The van der Waals surface area contributed by atoms with E-state index in [4.69, 9.17) is 10.5 Å². The summed E-state index contributed by atoms with van der Waals surface area (Å²) in [5.74, 6) is -2.07. The van der Waals surface area contributed by atoms with Crippen molar-refractivity contribution in [2.24, 2.45) is 5.73 Å². The summed E-state index contributed by atoms with van der Waals surface area (Å²) in [6.45, 7) is 0. The van der Waals surface area contributed by atoms with E-state index in [2.05, 4.69) is 0 Å². The van der Waals surface area contributed by atoms with E-state index in [-0.39, 0.29) is 25.9 Å². The van der Waals surface area contributed by atoms with Crippen molar-refractivity contribution in [2.45, 2.75) is 10.8 Å². The van der Waals surface area contributed by atoms with Gasteiger partial charge in [-0.25, -0.2) is 13.2 Å². The number of nitrogens with zero attached hydrogens (tertiary/aromatic N) is 1. The number of fused-ring (bicyclic) bond motifs is 1. The minimum absolute atomic E-state index is 0.000831. The summed E-state index contributed by atoms with van der Waals surface area (Å²) < 4.78 is 34.8. The molecule has 186 valence electrons. The highest BCUT2D eigenvalue weighted by Gasteiger charge is 2.42. The van der Waals surface area contributed by atoms with Gasteiger partial charge in [-0.1, -0.05) is 78.9 Å². The van der Waals surface area contributed by atoms with Crippen molar-refractivity contribution in [1.29, 1.82) is 0 Å². The summed E-state index contributed by atoms with van der Waals surface area (Å²) in [6.07, 6.45) is 1.68. The normalized spacial score (nSPS) is 16.0. The molecule has 9 heteroatoms.